The van der Waals surface area contributed by atoms with Gasteiger partial charge >= 0.3 is 0 Å². The maximum Gasteiger partial charge on any atom is 0.162 e. The molecule has 1 aromatic carbocycles. The molecule has 0 spiro atoms. The van der Waals surface area contributed by atoms with E-state index in [0.717, 1.165) is 32.7 Å². The Balaban J connectivity index is 2.11. The smallest absolute Gasteiger partial charge is 0.162 e. The highest BCUT2D eigenvalue weighted by Crippen LogP contribution is 2.38. The minimum Gasteiger partial charge on any atom is -0.486 e. The van der Waals surface area contributed by atoms with E-state index in [2.05, 4.69) is 17.6 Å². The third-order valence-corrected chi connectivity index (χ3v) is 3.89. The normalized spacial score (nSPS) is 13.8. The lowest BCUT2D eigenvalue weighted by Crippen LogP contribution is -2.15. The van der Waals surface area contributed by atoms with Crippen molar-refractivity contribution in [3.8, 4) is 22.1 Å². The molecule has 2 heterocycles. The van der Waals surface area contributed by atoms with Crippen LogP contribution in [0.3, 0.4) is 0 Å². The van der Waals surface area contributed by atoms with Gasteiger partial charge in [0.05, 0.1) is 0 Å². The minimum absolute atomic E-state index is 0.602. The van der Waals surface area contributed by atoms with Crippen LogP contribution < -0.4 is 9.47 Å². The molecule has 0 unspecified atom stereocenters. The second kappa shape index (κ2) is 4.23. The monoisotopic (exact) mass is 265 g/mol. The first-order chi connectivity index (χ1) is 8.24. The minimum atomic E-state index is 0.602. The van der Waals surface area contributed by atoms with E-state index in [-0.39, 0.29) is 0 Å². The van der Waals surface area contributed by atoms with Gasteiger partial charge in [0.2, 0.25) is 0 Å². The summed E-state index contributed by atoms with van der Waals surface area (Å²) < 4.78 is 11.1. The molecular formula is C12H11NO2S2. The highest BCUT2D eigenvalue weighted by Gasteiger charge is 2.16. The number of rotatable bonds is 1. The van der Waals surface area contributed by atoms with Gasteiger partial charge in [0.25, 0.3) is 0 Å². The number of aryl methyl sites for hydroxylation is 1. The van der Waals surface area contributed by atoms with Crippen LogP contribution in [0.4, 0.5) is 0 Å². The molecule has 0 N–H and O–H groups in total. The Morgan fingerprint density at radius 1 is 1.24 bits per heavy atom. The summed E-state index contributed by atoms with van der Waals surface area (Å²) in [6.45, 7) is 3.27. The molecule has 0 aliphatic carbocycles. The summed E-state index contributed by atoms with van der Waals surface area (Å²) in [7, 11) is 0. The number of aromatic nitrogens is 1. The molecule has 0 amide bonds. The van der Waals surface area contributed by atoms with E-state index in [1.54, 1.807) is 11.3 Å². The molecule has 88 valence electrons. The SMILES string of the molecule is Cc1cc2c(cc1-c1nc(S)cs1)OCCO2. The number of hydrogen-bond donors (Lipinski definition) is 1. The van der Waals surface area contributed by atoms with Gasteiger partial charge in [0, 0.05) is 10.9 Å². The number of thiol groups is 1. The number of nitrogens with zero attached hydrogens (tertiary/aromatic N) is 1. The number of fused-ring (bicyclic) bond motifs is 1. The van der Waals surface area contributed by atoms with Crippen molar-refractivity contribution in [1.29, 1.82) is 0 Å². The van der Waals surface area contributed by atoms with Crippen molar-refractivity contribution in [3.05, 3.63) is 23.1 Å². The van der Waals surface area contributed by atoms with E-state index in [1.165, 1.54) is 0 Å². The summed E-state index contributed by atoms with van der Waals surface area (Å²) in [5.41, 5.74) is 2.22. The molecule has 0 radical (unpaired) electrons. The number of thiazole rings is 1. The van der Waals surface area contributed by atoms with Crippen LogP contribution in [0.25, 0.3) is 10.6 Å². The summed E-state index contributed by atoms with van der Waals surface area (Å²) >= 11 is 5.82. The largest absolute Gasteiger partial charge is 0.486 e. The van der Waals surface area contributed by atoms with Crippen LogP contribution in [0.5, 0.6) is 11.5 Å². The molecule has 5 heteroatoms. The molecule has 0 saturated carbocycles. The van der Waals surface area contributed by atoms with Crippen LogP contribution in [0.1, 0.15) is 5.56 Å². The average Bonchev–Trinajstić information content (AvgIpc) is 2.75. The summed E-state index contributed by atoms with van der Waals surface area (Å²) in [4.78, 5) is 4.38. The van der Waals surface area contributed by atoms with Crippen LogP contribution in [-0.4, -0.2) is 18.2 Å². The second-order valence-electron chi connectivity index (χ2n) is 3.82. The summed E-state index contributed by atoms with van der Waals surface area (Å²) in [6.07, 6.45) is 0. The van der Waals surface area contributed by atoms with Gasteiger partial charge in [-0.25, -0.2) is 4.98 Å². The Morgan fingerprint density at radius 3 is 2.59 bits per heavy atom. The second-order valence-corrected chi connectivity index (χ2v) is 5.14. The van der Waals surface area contributed by atoms with E-state index in [1.807, 2.05) is 24.4 Å². The molecule has 0 bridgehead atoms. The first-order valence-electron chi connectivity index (χ1n) is 5.29. The molecule has 1 aromatic heterocycles. The van der Waals surface area contributed by atoms with E-state index in [0.29, 0.717) is 13.2 Å². The zero-order valence-electron chi connectivity index (χ0n) is 9.27. The zero-order valence-corrected chi connectivity index (χ0v) is 11.0. The van der Waals surface area contributed by atoms with Crippen LogP contribution in [0, 0.1) is 6.92 Å². The fourth-order valence-corrected chi connectivity index (χ4v) is 2.90. The van der Waals surface area contributed by atoms with Gasteiger partial charge in [-0.05, 0) is 24.6 Å². The molecule has 3 nitrogen and oxygen atoms in total. The van der Waals surface area contributed by atoms with E-state index in [9.17, 15) is 0 Å². The molecule has 17 heavy (non-hydrogen) atoms. The fraction of sp³-hybridized carbons (Fsp3) is 0.250. The van der Waals surface area contributed by atoms with E-state index in [4.69, 9.17) is 9.47 Å². The molecule has 3 rings (SSSR count). The number of ether oxygens (including phenoxy) is 2. The van der Waals surface area contributed by atoms with E-state index < -0.39 is 0 Å². The average molecular weight is 265 g/mol. The van der Waals surface area contributed by atoms with Crippen LogP contribution in [-0.2, 0) is 0 Å². The lowest BCUT2D eigenvalue weighted by atomic mass is 10.1. The lowest BCUT2D eigenvalue weighted by Gasteiger charge is -2.19. The molecule has 0 atom stereocenters. The standard InChI is InChI=1S/C12H11NO2S2/c1-7-4-9-10(15-3-2-14-9)5-8(7)12-13-11(16)6-17-12/h4-6,16H,2-3H2,1H3. The Labute approximate surface area is 109 Å². The first kappa shape index (κ1) is 10.9. The van der Waals surface area contributed by atoms with Crippen molar-refractivity contribution in [2.75, 3.05) is 13.2 Å². The highest BCUT2D eigenvalue weighted by atomic mass is 32.1. The molecule has 2 aromatic rings. The Bertz CT molecular complexity index is 566. The molecule has 1 aliphatic heterocycles. The van der Waals surface area contributed by atoms with Gasteiger partial charge in [-0.15, -0.1) is 24.0 Å². The van der Waals surface area contributed by atoms with Crippen molar-refractivity contribution in [3.63, 3.8) is 0 Å². The Kier molecular flexibility index (Phi) is 2.72. The van der Waals surface area contributed by atoms with Crippen LogP contribution >= 0.6 is 24.0 Å². The Morgan fingerprint density at radius 2 is 1.94 bits per heavy atom. The third kappa shape index (κ3) is 2.00. The topological polar surface area (TPSA) is 31.4 Å². The predicted molar refractivity (Wildman–Crippen MR) is 70.5 cm³/mol. The van der Waals surface area contributed by atoms with E-state index >= 15 is 0 Å². The molecule has 0 saturated heterocycles. The fourth-order valence-electron chi connectivity index (χ4n) is 1.81. The van der Waals surface area contributed by atoms with Crippen molar-refractivity contribution in [2.24, 2.45) is 0 Å². The summed E-state index contributed by atoms with van der Waals surface area (Å²) in [6, 6.07) is 4.00. The van der Waals surface area contributed by atoms with Crippen molar-refractivity contribution >= 4 is 24.0 Å². The molecule has 0 fully saturated rings. The Hall–Kier alpha value is -1.20. The van der Waals surface area contributed by atoms with Crippen molar-refractivity contribution in [1.82, 2.24) is 4.98 Å². The maximum atomic E-state index is 5.58. The van der Waals surface area contributed by atoms with Gasteiger partial charge < -0.3 is 9.47 Å². The van der Waals surface area contributed by atoms with Crippen molar-refractivity contribution < 1.29 is 9.47 Å². The number of benzene rings is 1. The first-order valence-corrected chi connectivity index (χ1v) is 6.62. The maximum absolute atomic E-state index is 5.58. The van der Waals surface area contributed by atoms with Crippen LogP contribution in [0.15, 0.2) is 22.5 Å². The van der Waals surface area contributed by atoms with Gasteiger partial charge in [0.15, 0.2) is 11.5 Å². The zero-order chi connectivity index (χ0) is 11.8. The van der Waals surface area contributed by atoms with Gasteiger partial charge in [-0.2, -0.15) is 0 Å². The van der Waals surface area contributed by atoms with Gasteiger partial charge in [-0.3, -0.25) is 0 Å². The predicted octanol–water partition coefficient (Wildman–Crippen LogP) is 3.18. The van der Waals surface area contributed by atoms with Gasteiger partial charge in [0.1, 0.15) is 23.2 Å². The lowest BCUT2D eigenvalue weighted by molar-refractivity contribution is 0.171. The molecular weight excluding hydrogens is 254 g/mol. The summed E-state index contributed by atoms with van der Waals surface area (Å²) in [5, 5.41) is 3.64. The van der Waals surface area contributed by atoms with Crippen LogP contribution in [0.2, 0.25) is 0 Å². The third-order valence-electron chi connectivity index (χ3n) is 2.61. The quantitative estimate of drug-likeness (QED) is 0.804. The number of hydrogen-bond acceptors (Lipinski definition) is 5. The van der Waals surface area contributed by atoms with Gasteiger partial charge in [-0.1, -0.05) is 0 Å². The molecule has 1 aliphatic rings. The van der Waals surface area contributed by atoms with Crippen molar-refractivity contribution in [2.45, 2.75) is 11.9 Å². The highest BCUT2D eigenvalue weighted by molar-refractivity contribution is 7.80. The summed E-state index contributed by atoms with van der Waals surface area (Å²) in [5.74, 6) is 1.62.